The molecule has 0 spiro atoms. The molecule has 4 aromatic heterocycles. The minimum Gasteiger partial charge on any atom is -0.368 e. The molecule has 5 aliphatic heterocycles. The first-order valence-electron chi connectivity index (χ1n) is 26.3. The zero-order valence-corrected chi connectivity index (χ0v) is 44.5. The molecule has 5 fully saturated rings. The third-order valence-corrected chi connectivity index (χ3v) is 18.2. The van der Waals surface area contributed by atoms with Gasteiger partial charge in [0.2, 0.25) is 11.9 Å². The van der Waals surface area contributed by atoms with Crippen LogP contribution in [0.5, 0.6) is 0 Å². The number of hydrogen-bond donors (Lipinski definition) is 2. The van der Waals surface area contributed by atoms with E-state index in [1.807, 2.05) is 23.1 Å². The maximum Gasteiger partial charge on any atom is 0.261 e. The zero-order chi connectivity index (χ0) is 49.9. The van der Waals surface area contributed by atoms with Crippen LogP contribution in [0.2, 0.25) is 0 Å². The Kier molecular flexibility index (Phi) is 15.7. The van der Waals surface area contributed by atoms with Crippen LogP contribution in [0.4, 0.5) is 17.6 Å². The van der Waals surface area contributed by atoms with E-state index in [2.05, 4.69) is 116 Å². The lowest BCUT2D eigenvalue weighted by Gasteiger charge is -2.36. The highest BCUT2D eigenvalue weighted by Crippen LogP contribution is 2.44. The van der Waals surface area contributed by atoms with E-state index < -0.39 is 0 Å². The molecule has 9 heterocycles. The summed E-state index contributed by atoms with van der Waals surface area (Å²) >= 11 is 3.11. The Balaban J connectivity index is 0.000000167. The number of fused-ring (bicyclic) bond motifs is 2. The molecule has 0 saturated carbocycles. The van der Waals surface area contributed by atoms with E-state index in [0.717, 1.165) is 114 Å². The van der Waals surface area contributed by atoms with Gasteiger partial charge in [0.05, 0.1) is 10.8 Å². The summed E-state index contributed by atoms with van der Waals surface area (Å²) in [5, 5.41) is 7.14. The van der Waals surface area contributed by atoms with Crippen molar-refractivity contribution in [3.63, 3.8) is 0 Å². The van der Waals surface area contributed by atoms with Crippen molar-refractivity contribution in [2.45, 2.75) is 69.5 Å². The molecule has 17 heteroatoms. The average Bonchev–Trinajstić information content (AvgIpc) is 4.28. The third-order valence-electron chi connectivity index (χ3n) is 16.2. The molecule has 11 rings (SSSR count). The molecule has 5 saturated heterocycles. The summed E-state index contributed by atoms with van der Waals surface area (Å²) in [6.07, 6.45) is 10.5. The standard InChI is InChI=1S/C29H39N7OS.C26H34N6OS/c1-33-14-12-22(18-33)34(2)17-20-10-15-35(16-11-20)27-25-23(21-7-4-3-5-8-21)19-38-28(25)32-29(31-27)36-13-6-9-24(36)26(30)37;1-27-25(33)23-21(19-7-5-4-6-8-19)22-24(28-17-29-26(22)34-23)32-13-9-18(10-14-32)15-31(3)20-11-12-30(2)16-20/h3-5,7-8,19-20,22,24H,6,9-18H2,1-2H3,(H2,30,37);4-8,17-18,20H,9-16H2,1-3H3,(H,27,33). The number of hydrogen-bond acceptors (Lipinski definition) is 15. The van der Waals surface area contributed by atoms with Crippen molar-refractivity contribution in [2.75, 3.05) is 122 Å². The number of carbonyl (C=O) groups excluding carboxylic acids is 2. The molecule has 3 atom stereocenters. The molecule has 3 N–H and O–H groups in total. The number of carbonyl (C=O) groups is 2. The van der Waals surface area contributed by atoms with Crippen molar-refractivity contribution in [3.05, 3.63) is 77.2 Å². The van der Waals surface area contributed by atoms with Crippen molar-refractivity contribution < 1.29 is 9.59 Å². The topological polar surface area (TPSA) is 146 Å². The van der Waals surface area contributed by atoms with Crippen molar-refractivity contribution in [3.8, 4) is 22.3 Å². The Bertz CT molecular complexity index is 2790. The molecule has 6 aromatic rings. The number of amides is 2. The predicted molar refractivity (Wildman–Crippen MR) is 296 cm³/mol. The van der Waals surface area contributed by atoms with Crippen LogP contribution in [0.3, 0.4) is 0 Å². The van der Waals surface area contributed by atoms with Crippen LogP contribution >= 0.6 is 22.7 Å². The Labute approximate surface area is 433 Å². The van der Waals surface area contributed by atoms with Gasteiger partial charge in [0.1, 0.15) is 38.5 Å². The van der Waals surface area contributed by atoms with Gasteiger partial charge in [0.15, 0.2) is 0 Å². The third kappa shape index (κ3) is 10.8. The highest BCUT2D eigenvalue weighted by atomic mass is 32.1. The van der Waals surface area contributed by atoms with Crippen molar-refractivity contribution >= 4 is 72.5 Å². The molecule has 72 heavy (non-hydrogen) atoms. The number of likely N-dealkylation sites (tertiary alicyclic amines) is 2. The molecular weight excluding hydrogens is 939 g/mol. The van der Waals surface area contributed by atoms with Crippen LogP contribution < -0.4 is 25.8 Å². The number of nitrogens with one attached hydrogen (secondary N) is 1. The molecular formula is C55H73N13O2S2. The normalized spacial score (nSPS) is 21.7. The largest absolute Gasteiger partial charge is 0.368 e. The zero-order valence-electron chi connectivity index (χ0n) is 42.9. The number of benzene rings is 2. The average molecular weight is 1010 g/mol. The number of primary amides is 1. The molecule has 0 bridgehead atoms. The number of rotatable bonds is 13. The quantitative estimate of drug-likeness (QED) is 0.120. The fraction of sp³-hybridized carbons (Fsp3) is 0.527. The Morgan fingerprint density at radius 3 is 1.83 bits per heavy atom. The van der Waals surface area contributed by atoms with Gasteiger partial charge >= 0.3 is 0 Å². The van der Waals surface area contributed by atoms with Crippen LogP contribution in [0.25, 0.3) is 42.7 Å². The molecule has 3 unspecified atom stereocenters. The lowest BCUT2D eigenvalue weighted by molar-refractivity contribution is -0.119. The fourth-order valence-electron chi connectivity index (χ4n) is 12.0. The molecule has 5 aliphatic rings. The van der Waals surface area contributed by atoms with Gasteiger partial charge in [0, 0.05) is 94.5 Å². The van der Waals surface area contributed by atoms with Crippen LogP contribution in [0, 0.1) is 11.8 Å². The van der Waals surface area contributed by atoms with Gasteiger partial charge < -0.3 is 45.3 Å². The number of aromatic nitrogens is 4. The van der Waals surface area contributed by atoms with Crippen LogP contribution in [0.1, 0.15) is 61.0 Å². The predicted octanol–water partition coefficient (Wildman–Crippen LogP) is 7.23. The summed E-state index contributed by atoms with van der Waals surface area (Å²) in [5.74, 6) is 3.65. The van der Waals surface area contributed by atoms with E-state index in [4.69, 9.17) is 20.7 Å². The van der Waals surface area contributed by atoms with E-state index in [1.165, 1.54) is 74.6 Å². The van der Waals surface area contributed by atoms with Gasteiger partial charge in [-0.2, -0.15) is 4.98 Å². The van der Waals surface area contributed by atoms with E-state index in [0.29, 0.717) is 34.7 Å². The molecule has 2 aromatic carbocycles. The summed E-state index contributed by atoms with van der Waals surface area (Å²) in [7, 11) is 10.7. The fourth-order valence-corrected chi connectivity index (χ4v) is 14.1. The van der Waals surface area contributed by atoms with E-state index >= 15 is 0 Å². The summed E-state index contributed by atoms with van der Waals surface area (Å²) < 4.78 is 0. The van der Waals surface area contributed by atoms with Crippen LogP contribution in [0.15, 0.2) is 72.4 Å². The first-order chi connectivity index (χ1) is 35.0. The summed E-state index contributed by atoms with van der Waals surface area (Å²) in [4.78, 5) is 63.9. The summed E-state index contributed by atoms with van der Waals surface area (Å²) in [5.41, 5.74) is 10.1. The minimum absolute atomic E-state index is 0.0768. The second-order valence-electron chi connectivity index (χ2n) is 21.1. The van der Waals surface area contributed by atoms with Gasteiger partial charge in [0.25, 0.3) is 5.91 Å². The van der Waals surface area contributed by atoms with Gasteiger partial charge in [-0.15, -0.1) is 22.7 Å². The van der Waals surface area contributed by atoms with Crippen LogP contribution in [-0.4, -0.2) is 177 Å². The van der Waals surface area contributed by atoms with Crippen molar-refractivity contribution in [2.24, 2.45) is 17.6 Å². The van der Waals surface area contributed by atoms with E-state index in [1.54, 1.807) is 24.7 Å². The molecule has 0 aliphatic carbocycles. The molecule has 15 nitrogen and oxygen atoms in total. The maximum atomic E-state index is 12.8. The Hall–Kier alpha value is -5.30. The van der Waals surface area contributed by atoms with Gasteiger partial charge in [-0.05, 0) is 116 Å². The number of nitrogens with zero attached hydrogens (tertiary/aromatic N) is 11. The highest BCUT2D eigenvalue weighted by molar-refractivity contribution is 7.21. The number of piperidine rings is 2. The van der Waals surface area contributed by atoms with Gasteiger partial charge in [-0.25, -0.2) is 15.0 Å². The van der Waals surface area contributed by atoms with Gasteiger partial charge in [-0.1, -0.05) is 60.7 Å². The van der Waals surface area contributed by atoms with E-state index in [9.17, 15) is 9.59 Å². The first-order valence-corrected chi connectivity index (χ1v) is 28.0. The van der Waals surface area contributed by atoms with Crippen LogP contribution in [-0.2, 0) is 4.79 Å². The molecule has 0 radical (unpaired) electrons. The minimum atomic E-state index is -0.329. The lowest BCUT2D eigenvalue weighted by atomic mass is 9.95. The lowest BCUT2D eigenvalue weighted by Crippen LogP contribution is -2.42. The highest BCUT2D eigenvalue weighted by Gasteiger charge is 2.35. The SMILES string of the molecule is CN1CCC(N(C)CC2CCN(c3nc(N4CCCC4C(N)=O)nc4scc(-c5ccccc5)c34)CC2)C1.CNC(=O)c1sc2ncnc(N3CCC(CN(C)C4CCN(C)C4)CC3)c2c1-c1ccccc1. The van der Waals surface area contributed by atoms with Gasteiger partial charge in [-0.3, -0.25) is 9.59 Å². The first kappa shape index (κ1) is 50.2. The van der Waals surface area contributed by atoms with Crippen molar-refractivity contribution in [1.29, 1.82) is 0 Å². The monoisotopic (exact) mass is 1010 g/mol. The second-order valence-corrected chi connectivity index (χ2v) is 22.9. The molecule has 2 amide bonds. The molecule has 382 valence electrons. The number of anilines is 3. The number of nitrogens with two attached hydrogens (primary N) is 1. The maximum absolute atomic E-state index is 12.8. The second kappa shape index (κ2) is 22.4. The summed E-state index contributed by atoms with van der Waals surface area (Å²) in [6.45, 7) is 11.8. The summed E-state index contributed by atoms with van der Waals surface area (Å²) in [6, 6.07) is 21.7. The Morgan fingerprint density at radius 1 is 0.694 bits per heavy atom. The van der Waals surface area contributed by atoms with Crippen molar-refractivity contribution in [1.82, 2.24) is 44.9 Å². The number of likely N-dealkylation sites (N-methyl/N-ethyl adjacent to an activating group) is 4. The smallest absolute Gasteiger partial charge is 0.261 e. The van der Waals surface area contributed by atoms with E-state index in [-0.39, 0.29) is 17.9 Å². The number of thiophene rings is 2. The Morgan fingerprint density at radius 2 is 1.28 bits per heavy atom.